The highest BCUT2D eigenvalue weighted by Crippen LogP contribution is 2.23. The van der Waals surface area contributed by atoms with Crippen molar-refractivity contribution in [2.24, 2.45) is 5.73 Å². The van der Waals surface area contributed by atoms with E-state index >= 15 is 0 Å². The van der Waals surface area contributed by atoms with E-state index in [1.54, 1.807) is 13.3 Å². The Balaban J connectivity index is 2.04. The molecule has 15 heavy (non-hydrogen) atoms. The summed E-state index contributed by atoms with van der Waals surface area (Å²) < 4.78 is 7.61. The first-order chi connectivity index (χ1) is 7.35. The second-order valence-corrected chi connectivity index (χ2v) is 3.90. The first-order valence-corrected chi connectivity index (χ1v) is 5.28. The Hall–Kier alpha value is -0.910. The molecule has 0 radical (unpaired) electrons. The molecule has 0 amide bonds. The second kappa shape index (κ2) is 4.74. The summed E-state index contributed by atoms with van der Waals surface area (Å²) in [7, 11) is 1.76. The van der Waals surface area contributed by atoms with Gasteiger partial charge in [0.15, 0.2) is 0 Å². The minimum Gasteiger partial charge on any atom is -0.378 e. The van der Waals surface area contributed by atoms with Crippen molar-refractivity contribution >= 4 is 0 Å². The molecule has 1 saturated heterocycles. The highest BCUT2D eigenvalue weighted by Gasteiger charge is 2.33. The number of methoxy groups -OCH3 is 1. The molecule has 1 aromatic rings. The Morgan fingerprint density at radius 3 is 3.00 bits per heavy atom. The van der Waals surface area contributed by atoms with Crippen molar-refractivity contribution < 1.29 is 4.74 Å². The van der Waals surface area contributed by atoms with Gasteiger partial charge in [-0.15, -0.1) is 0 Å². The molecule has 0 bridgehead atoms. The summed E-state index contributed by atoms with van der Waals surface area (Å²) in [5, 5.41) is 0. The molecule has 1 fully saturated rings. The number of likely N-dealkylation sites (tertiary alicyclic amines) is 1. The van der Waals surface area contributed by atoms with Crippen molar-refractivity contribution in [1.82, 2.24) is 14.5 Å². The lowest BCUT2D eigenvalue weighted by atomic mass is 10.2. The van der Waals surface area contributed by atoms with E-state index in [4.69, 9.17) is 10.5 Å². The van der Waals surface area contributed by atoms with E-state index < -0.39 is 0 Å². The second-order valence-electron chi connectivity index (χ2n) is 3.90. The van der Waals surface area contributed by atoms with Gasteiger partial charge in [-0.3, -0.25) is 4.90 Å². The van der Waals surface area contributed by atoms with Crippen molar-refractivity contribution in [2.75, 3.05) is 33.3 Å². The van der Waals surface area contributed by atoms with E-state index in [0.29, 0.717) is 12.6 Å². The molecule has 1 aliphatic heterocycles. The van der Waals surface area contributed by atoms with E-state index in [-0.39, 0.29) is 6.10 Å². The Bertz CT molecular complexity index is 288. The Kier molecular flexibility index (Phi) is 3.35. The number of hydrogen-bond acceptors (Lipinski definition) is 4. The molecule has 1 aliphatic rings. The van der Waals surface area contributed by atoms with Crippen molar-refractivity contribution in [1.29, 1.82) is 0 Å². The zero-order valence-electron chi connectivity index (χ0n) is 9.04. The molecular formula is C10H18N4O. The number of nitrogens with zero attached hydrogens (tertiary/aromatic N) is 3. The van der Waals surface area contributed by atoms with Crippen LogP contribution in [-0.2, 0) is 4.74 Å². The average molecular weight is 210 g/mol. The van der Waals surface area contributed by atoms with Gasteiger partial charge in [0.05, 0.1) is 18.5 Å². The van der Waals surface area contributed by atoms with Crippen LogP contribution >= 0.6 is 0 Å². The van der Waals surface area contributed by atoms with Crippen molar-refractivity contribution in [3.8, 4) is 0 Å². The highest BCUT2D eigenvalue weighted by molar-refractivity contribution is 4.92. The molecule has 5 heteroatoms. The smallest absolute Gasteiger partial charge is 0.0949 e. The van der Waals surface area contributed by atoms with Gasteiger partial charge in [0.1, 0.15) is 0 Å². The number of imidazole rings is 1. The van der Waals surface area contributed by atoms with Gasteiger partial charge < -0.3 is 15.0 Å². The van der Waals surface area contributed by atoms with Gasteiger partial charge in [0, 0.05) is 45.7 Å². The SMILES string of the molecule is CO[C@@H]1CN(CCN)C[C@H]1n1ccnc1. The van der Waals surface area contributed by atoms with Crippen LogP contribution in [-0.4, -0.2) is 53.8 Å². The molecule has 0 aliphatic carbocycles. The Labute approximate surface area is 89.8 Å². The first kappa shape index (κ1) is 10.6. The normalized spacial score (nSPS) is 27.3. The molecule has 0 spiro atoms. The van der Waals surface area contributed by atoms with Crippen LogP contribution in [0.4, 0.5) is 0 Å². The van der Waals surface area contributed by atoms with Crippen LogP contribution in [0.3, 0.4) is 0 Å². The van der Waals surface area contributed by atoms with Crippen LogP contribution in [0.5, 0.6) is 0 Å². The third kappa shape index (κ3) is 2.19. The topological polar surface area (TPSA) is 56.3 Å². The van der Waals surface area contributed by atoms with Crippen LogP contribution in [0, 0.1) is 0 Å². The van der Waals surface area contributed by atoms with Crippen molar-refractivity contribution in [3.63, 3.8) is 0 Å². The molecule has 2 atom stereocenters. The Morgan fingerprint density at radius 2 is 2.40 bits per heavy atom. The number of aromatic nitrogens is 2. The highest BCUT2D eigenvalue weighted by atomic mass is 16.5. The fraction of sp³-hybridized carbons (Fsp3) is 0.700. The van der Waals surface area contributed by atoms with E-state index in [0.717, 1.165) is 19.6 Å². The summed E-state index contributed by atoms with van der Waals surface area (Å²) in [6.45, 7) is 3.58. The summed E-state index contributed by atoms with van der Waals surface area (Å²) >= 11 is 0. The minimum atomic E-state index is 0.241. The monoisotopic (exact) mass is 210 g/mol. The summed E-state index contributed by atoms with van der Waals surface area (Å²) in [5.41, 5.74) is 5.56. The standard InChI is InChI=1S/C10H18N4O/c1-15-10-7-13(4-2-11)6-9(10)14-5-3-12-8-14/h3,5,8-10H,2,4,6-7,11H2,1H3/t9-,10-/m1/s1. The van der Waals surface area contributed by atoms with Crippen molar-refractivity contribution in [2.45, 2.75) is 12.1 Å². The van der Waals surface area contributed by atoms with Crippen LogP contribution in [0.15, 0.2) is 18.7 Å². The van der Waals surface area contributed by atoms with E-state index in [1.807, 2.05) is 12.5 Å². The first-order valence-electron chi connectivity index (χ1n) is 5.28. The van der Waals surface area contributed by atoms with Crippen LogP contribution in [0.2, 0.25) is 0 Å². The molecular weight excluding hydrogens is 192 g/mol. The van der Waals surface area contributed by atoms with Gasteiger partial charge in [-0.25, -0.2) is 4.98 Å². The fourth-order valence-corrected chi connectivity index (χ4v) is 2.18. The Morgan fingerprint density at radius 1 is 1.53 bits per heavy atom. The lowest BCUT2D eigenvalue weighted by Gasteiger charge is -2.17. The maximum absolute atomic E-state index is 5.56. The number of rotatable bonds is 4. The third-order valence-electron chi connectivity index (χ3n) is 2.97. The van der Waals surface area contributed by atoms with Crippen molar-refractivity contribution in [3.05, 3.63) is 18.7 Å². The maximum atomic E-state index is 5.56. The zero-order valence-corrected chi connectivity index (χ0v) is 9.04. The summed E-state index contributed by atoms with van der Waals surface area (Å²) in [4.78, 5) is 6.40. The maximum Gasteiger partial charge on any atom is 0.0949 e. The van der Waals surface area contributed by atoms with Gasteiger partial charge in [0.2, 0.25) is 0 Å². The van der Waals surface area contributed by atoms with Crippen LogP contribution in [0.1, 0.15) is 6.04 Å². The third-order valence-corrected chi connectivity index (χ3v) is 2.97. The predicted octanol–water partition coefficient (Wildman–Crippen LogP) is -0.286. The number of ether oxygens (including phenoxy) is 1. The van der Waals surface area contributed by atoms with Gasteiger partial charge in [-0.05, 0) is 0 Å². The van der Waals surface area contributed by atoms with Gasteiger partial charge in [0.25, 0.3) is 0 Å². The molecule has 0 unspecified atom stereocenters. The molecule has 2 rings (SSSR count). The van der Waals surface area contributed by atoms with Gasteiger partial charge >= 0.3 is 0 Å². The average Bonchev–Trinajstić information content (AvgIpc) is 2.84. The summed E-state index contributed by atoms with van der Waals surface area (Å²) in [6.07, 6.45) is 5.88. The molecule has 84 valence electrons. The van der Waals surface area contributed by atoms with Gasteiger partial charge in [-0.1, -0.05) is 0 Å². The predicted molar refractivity (Wildman–Crippen MR) is 57.6 cm³/mol. The lowest BCUT2D eigenvalue weighted by Crippen LogP contribution is -2.28. The van der Waals surface area contributed by atoms with Crippen LogP contribution in [0.25, 0.3) is 0 Å². The zero-order chi connectivity index (χ0) is 10.7. The molecule has 1 aromatic heterocycles. The number of hydrogen-bond donors (Lipinski definition) is 1. The van der Waals surface area contributed by atoms with E-state index in [1.165, 1.54) is 0 Å². The largest absolute Gasteiger partial charge is 0.378 e. The van der Waals surface area contributed by atoms with Gasteiger partial charge in [-0.2, -0.15) is 0 Å². The molecule has 2 heterocycles. The van der Waals surface area contributed by atoms with Crippen LogP contribution < -0.4 is 5.73 Å². The summed E-state index contributed by atoms with van der Waals surface area (Å²) in [6, 6.07) is 0.365. The molecule has 0 aromatic carbocycles. The lowest BCUT2D eigenvalue weighted by molar-refractivity contribution is 0.0817. The van der Waals surface area contributed by atoms with E-state index in [2.05, 4.69) is 14.5 Å². The molecule has 2 N–H and O–H groups in total. The molecule has 5 nitrogen and oxygen atoms in total. The van der Waals surface area contributed by atoms with E-state index in [9.17, 15) is 0 Å². The summed E-state index contributed by atoms with van der Waals surface area (Å²) in [5.74, 6) is 0. The molecule has 0 saturated carbocycles. The number of nitrogens with two attached hydrogens (primary N) is 1. The minimum absolute atomic E-state index is 0.241. The fourth-order valence-electron chi connectivity index (χ4n) is 2.18. The quantitative estimate of drug-likeness (QED) is 0.742.